The first-order chi connectivity index (χ1) is 12.1. The van der Waals surface area contributed by atoms with E-state index in [2.05, 4.69) is 67.0 Å². The molecular formula is C17H19Br3N2O4. The Morgan fingerprint density at radius 3 is 2.50 bits per heavy atom. The molecule has 0 spiro atoms. The fourth-order valence-electron chi connectivity index (χ4n) is 4.83. The van der Waals surface area contributed by atoms with Crippen LogP contribution in [0.4, 0.5) is 11.4 Å². The number of nitro benzene ring substituents is 1. The summed E-state index contributed by atoms with van der Waals surface area (Å²) >= 11 is 11.1. The van der Waals surface area contributed by atoms with E-state index < -0.39 is 10.3 Å². The first-order valence-electron chi connectivity index (χ1n) is 8.12. The van der Waals surface area contributed by atoms with E-state index in [1.807, 2.05) is 0 Å². The van der Waals surface area contributed by atoms with Crippen molar-refractivity contribution in [1.82, 2.24) is 0 Å². The number of carbonyl (C=O) groups excluding carboxylic acids is 1. The summed E-state index contributed by atoms with van der Waals surface area (Å²) in [4.78, 5) is 24.1. The van der Waals surface area contributed by atoms with Crippen molar-refractivity contribution in [1.29, 1.82) is 0 Å². The molecule has 1 aromatic carbocycles. The van der Waals surface area contributed by atoms with E-state index in [-0.39, 0.29) is 36.7 Å². The Morgan fingerprint density at radius 2 is 2.04 bits per heavy atom. The Balaban J connectivity index is 1.94. The average molecular weight is 555 g/mol. The van der Waals surface area contributed by atoms with Gasteiger partial charge in [-0.15, -0.1) is 0 Å². The first kappa shape index (κ1) is 20.1. The zero-order chi connectivity index (χ0) is 19.5. The Hall–Kier alpha value is -0.670. The van der Waals surface area contributed by atoms with Crippen LogP contribution in [0.3, 0.4) is 0 Å². The van der Waals surface area contributed by atoms with E-state index in [4.69, 9.17) is 4.74 Å². The number of nitrogens with one attached hydrogen (secondary N) is 1. The Kier molecular flexibility index (Phi) is 4.98. The summed E-state index contributed by atoms with van der Waals surface area (Å²) in [6.07, 6.45) is 1.61. The Morgan fingerprint density at radius 1 is 1.38 bits per heavy atom. The highest BCUT2D eigenvalue weighted by Crippen LogP contribution is 2.82. The number of rotatable bonds is 5. The number of nitro groups is 1. The van der Waals surface area contributed by atoms with Crippen molar-refractivity contribution >= 4 is 65.1 Å². The third-order valence-electron chi connectivity index (χ3n) is 6.54. The normalized spacial score (nSPS) is 31.4. The molecule has 142 valence electrons. The second kappa shape index (κ2) is 6.44. The van der Waals surface area contributed by atoms with Gasteiger partial charge < -0.3 is 10.1 Å². The molecular weight excluding hydrogens is 536 g/mol. The lowest BCUT2D eigenvalue weighted by molar-refractivity contribution is -0.384. The first-order valence-corrected chi connectivity index (χ1v) is 10.9. The van der Waals surface area contributed by atoms with Crippen LogP contribution in [0.2, 0.25) is 0 Å². The number of benzene rings is 1. The predicted octanol–water partition coefficient (Wildman–Crippen LogP) is 5.23. The van der Waals surface area contributed by atoms with E-state index in [1.54, 1.807) is 6.07 Å². The molecule has 3 fully saturated rings. The number of carbonyl (C=O) groups is 1. The van der Waals surface area contributed by atoms with E-state index >= 15 is 0 Å². The molecule has 3 aliphatic carbocycles. The molecule has 0 radical (unpaired) electrons. The topological polar surface area (TPSA) is 81.5 Å². The molecule has 9 heteroatoms. The number of halogens is 3. The molecule has 4 rings (SSSR count). The molecule has 1 amide bonds. The number of methoxy groups -OCH3 is 1. The number of alkyl halides is 3. The molecule has 26 heavy (non-hydrogen) atoms. The summed E-state index contributed by atoms with van der Waals surface area (Å²) in [6.45, 7) is 4.19. The van der Waals surface area contributed by atoms with Gasteiger partial charge in [-0.2, -0.15) is 0 Å². The summed E-state index contributed by atoms with van der Waals surface area (Å²) in [6, 6.07) is 4.43. The number of amides is 1. The van der Waals surface area contributed by atoms with Crippen LogP contribution in [0.5, 0.6) is 5.75 Å². The van der Waals surface area contributed by atoms with Crippen LogP contribution < -0.4 is 10.1 Å². The zero-order valence-corrected chi connectivity index (χ0v) is 19.3. The molecule has 6 nitrogen and oxygen atoms in total. The van der Waals surface area contributed by atoms with Gasteiger partial charge in [0.25, 0.3) is 5.69 Å². The van der Waals surface area contributed by atoms with Gasteiger partial charge in [-0.1, -0.05) is 61.6 Å². The number of nitrogens with zero attached hydrogens (tertiary/aromatic N) is 1. The van der Waals surface area contributed by atoms with Crippen molar-refractivity contribution in [3.05, 3.63) is 28.3 Å². The van der Waals surface area contributed by atoms with Crippen molar-refractivity contribution in [2.75, 3.05) is 12.4 Å². The van der Waals surface area contributed by atoms with Gasteiger partial charge in [-0.05, 0) is 30.4 Å². The van der Waals surface area contributed by atoms with Crippen LogP contribution in [-0.4, -0.2) is 26.5 Å². The smallest absolute Gasteiger partial charge is 0.296 e. The fourth-order valence-corrected chi connectivity index (χ4v) is 9.74. The van der Waals surface area contributed by atoms with E-state index in [9.17, 15) is 14.9 Å². The highest BCUT2D eigenvalue weighted by molar-refractivity contribution is 9.24. The molecule has 0 heterocycles. The van der Waals surface area contributed by atoms with E-state index in [0.717, 1.165) is 12.8 Å². The maximum Gasteiger partial charge on any atom is 0.296 e. The van der Waals surface area contributed by atoms with Crippen molar-refractivity contribution in [2.45, 2.75) is 35.3 Å². The van der Waals surface area contributed by atoms with Crippen LogP contribution in [0.15, 0.2) is 18.2 Å². The summed E-state index contributed by atoms with van der Waals surface area (Å²) in [5.74, 6) is 0.183. The molecule has 3 atom stereocenters. The van der Waals surface area contributed by atoms with Crippen LogP contribution in [0.25, 0.3) is 0 Å². The lowest BCUT2D eigenvalue weighted by Crippen LogP contribution is -2.71. The van der Waals surface area contributed by atoms with Crippen LogP contribution in [0, 0.1) is 26.4 Å². The predicted molar refractivity (Wildman–Crippen MR) is 111 cm³/mol. The molecule has 0 aromatic heterocycles. The van der Waals surface area contributed by atoms with Crippen LogP contribution in [0.1, 0.15) is 26.7 Å². The van der Waals surface area contributed by atoms with Gasteiger partial charge >= 0.3 is 0 Å². The molecule has 3 saturated carbocycles. The minimum Gasteiger partial charge on any atom is -0.496 e. The third-order valence-corrected chi connectivity index (χ3v) is 9.77. The van der Waals surface area contributed by atoms with Crippen molar-refractivity contribution in [3.8, 4) is 5.75 Å². The summed E-state index contributed by atoms with van der Waals surface area (Å²) in [5, 5.41) is 14.2. The number of anilines is 1. The number of ether oxygens (including phenoxy) is 1. The maximum atomic E-state index is 13.3. The SMILES string of the molecule is COc1ccc(NC(=O)C23CCC(C(Br)Br)(C2Br)C3(C)C)c([N+](=O)[O-])c1. The lowest BCUT2D eigenvalue weighted by Gasteiger charge is -2.66. The summed E-state index contributed by atoms with van der Waals surface area (Å²) in [5.41, 5.74) is -1.00. The highest BCUT2D eigenvalue weighted by Gasteiger charge is 2.83. The van der Waals surface area contributed by atoms with Crippen molar-refractivity contribution in [2.24, 2.45) is 16.2 Å². The molecule has 3 aliphatic rings. The zero-order valence-electron chi connectivity index (χ0n) is 14.5. The van der Waals surface area contributed by atoms with Crippen molar-refractivity contribution in [3.63, 3.8) is 0 Å². The maximum absolute atomic E-state index is 13.3. The van der Waals surface area contributed by atoms with E-state index in [1.165, 1.54) is 19.2 Å². The number of fused-ring (bicyclic) bond motifs is 1. The molecule has 2 bridgehead atoms. The lowest BCUT2D eigenvalue weighted by atomic mass is 9.43. The van der Waals surface area contributed by atoms with Gasteiger partial charge in [0.2, 0.25) is 5.91 Å². The van der Waals surface area contributed by atoms with Crippen LogP contribution in [-0.2, 0) is 4.79 Å². The van der Waals surface area contributed by atoms with Gasteiger partial charge in [0.15, 0.2) is 0 Å². The monoisotopic (exact) mass is 552 g/mol. The van der Waals surface area contributed by atoms with E-state index in [0.29, 0.717) is 5.75 Å². The highest BCUT2D eigenvalue weighted by atomic mass is 79.9. The fraction of sp³-hybridized carbons (Fsp3) is 0.588. The second-order valence-electron chi connectivity index (χ2n) is 7.39. The molecule has 1 N–H and O–H groups in total. The third kappa shape index (κ3) is 2.29. The quantitative estimate of drug-likeness (QED) is 0.307. The summed E-state index contributed by atoms with van der Waals surface area (Å²) < 4.78 is 5.12. The van der Waals surface area contributed by atoms with Gasteiger partial charge in [-0.3, -0.25) is 14.9 Å². The van der Waals surface area contributed by atoms with Gasteiger partial charge in [0.05, 0.1) is 27.3 Å². The largest absolute Gasteiger partial charge is 0.496 e. The number of hydrogen-bond donors (Lipinski definition) is 1. The Labute approximate surface area is 177 Å². The molecule has 3 unspecified atom stereocenters. The Bertz CT molecular complexity index is 785. The second-order valence-corrected chi connectivity index (χ2v) is 11.4. The number of hydrogen-bond acceptors (Lipinski definition) is 4. The average Bonchev–Trinajstić information content (AvgIpc) is 3.04. The molecule has 0 saturated heterocycles. The van der Waals surface area contributed by atoms with Gasteiger partial charge in [0, 0.05) is 10.2 Å². The minimum absolute atomic E-state index is 0.0291. The standard InChI is InChI=1S/C17H19Br3N2O4/c1-15(2)16(13(19)20)6-7-17(15,12(16)18)14(23)21-10-5-4-9(26-3)8-11(10)22(24)25/h4-5,8,12-13H,6-7H2,1-3H3,(H,21,23). The minimum atomic E-state index is -0.624. The van der Waals surface area contributed by atoms with Crippen LogP contribution >= 0.6 is 47.8 Å². The van der Waals surface area contributed by atoms with Gasteiger partial charge in [-0.25, -0.2) is 0 Å². The molecule has 0 aliphatic heterocycles. The van der Waals surface area contributed by atoms with Gasteiger partial charge in [0.1, 0.15) is 11.4 Å². The van der Waals surface area contributed by atoms with Crippen molar-refractivity contribution < 1.29 is 14.5 Å². The summed E-state index contributed by atoms with van der Waals surface area (Å²) in [7, 11) is 1.44. The molecule has 1 aromatic rings.